The zero-order valence-electron chi connectivity index (χ0n) is 10.1. The van der Waals surface area contributed by atoms with Gasteiger partial charge in [-0.2, -0.15) is 0 Å². The van der Waals surface area contributed by atoms with Crippen molar-refractivity contribution >= 4 is 22.6 Å². The zero-order chi connectivity index (χ0) is 12.7. The molecule has 0 radical (unpaired) electrons. The molecule has 0 fully saturated rings. The van der Waals surface area contributed by atoms with E-state index in [1.807, 2.05) is 19.1 Å². The molecule has 5 heteroatoms. The van der Waals surface area contributed by atoms with Crippen LogP contribution in [0.2, 0.25) is 0 Å². The van der Waals surface area contributed by atoms with Crippen LogP contribution in [0.3, 0.4) is 0 Å². The summed E-state index contributed by atoms with van der Waals surface area (Å²) in [5.41, 5.74) is 20.1. The summed E-state index contributed by atoms with van der Waals surface area (Å²) in [6.07, 6.45) is 0.857. The molecule has 17 heavy (non-hydrogen) atoms. The number of benzene rings is 1. The Bertz CT molecular complexity index is 390. The van der Waals surface area contributed by atoms with E-state index in [0.29, 0.717) is 18.3 Å². The Morgan fingerprint density at radius 3 is 2.71 bits per heavy atom. The van der Waals surface area contributed by atoms with Crippen LogP contribution in [0.5, 0.6) is 0 Å². The maximum absolute atomic E-state index is 5.79. The third-order valence-electron chi connectivity index (χ3n) is 2.32. The summed E-state index contributed by atoms with van der Waals surface area (Å²) in [5.74, 6) is 0.915. The van der Waals surface area contributed by atoms with Gasteiger partial charge < -0.3 is 17.2 Å². The van der Waals surface area contributed by atoms with E-state index in [4.69, 9.17) is 17.2 Å². The monoisotopic (exact) mass is 252 g/mol. The fourth-order valence-corrected chi connectivity index (χ4v) is 1.99. The second-order valence-electron chi connectivity index (χ2n) is 3.59. The summed E-state index contributed by atoms with van der Waals surface area (Å²) < 4.78 is 0. The first-order chi connectivity index (χ1) is 8.21. The zero-order valence-corrected chi connectivity index (χ0v) is 11.0. The van der Waals surface area contributed by atoms with Gasteiger partial charge in [0.15, 0.2) is 5.17 Å². The van der Waals surface area contributed by atoms with Crippen LogP contribution in [0, 0.1) is 0 Å². The van der Waals surface area contributed by atoms with E-state index in [1.54, 1.807) is 0 Å². The molecular weight excluding hydrogens is 232 g/mol. The molecule has 1 rings (SSSR count). The van der Waals surface area contributed by atoms with Gasteiger partial charge in [0.05, 0.1) is 5.69 Å². The fourth-order valence-electron chi connectivity index (χ4n) is 1.53. The molecule has 1 aromatic carbocycles. The standard InChI is InChI=1S/C12H20N4S/c1-2-17-12(15)16-11-4-3-9(5-6-13)7-10(11)8-14/h3-4,7H,2,5-6,8,13-14H2,1H3,(H2,15,16). The number of nitrogens with zero attached hydrogens (tertiary/aromatic N) is 1. The van der Waals surface area contributed by atoms with E-state index in [0.717, 1.165) is 23.4 Å². The fraction of sp³-hybridized carbons (Fsp3) is 0.417. The molecule has 1 aromatic rings. The second-order valence-corrected chi connectivity index (χ2v) is 4.87. The van der Waals surface area contributed by atoms with Crippen molar-refractivity contribution in [1.82, 2.24) is 0 Å². The quantitative estimate of drug-likeness (QED) is 0.545. The number of rotatable bonds is 5. The molecule has 6 N–H and O–H groups in total. The van der Waals surface area contributed by atoms with E-state index in [2.05, 4.69) is 11.1 Å². The Balaban J connectivity index is 2.96. The molecule has 0 aromatic heterocycles. The van der Waals surface area contributed by atoms with Crippen LogP contribution < -0.4 is 17.2 Å². The molecule has 0 heterocycles. The van der Waals surface area contributed by atoms with Crippen molar-refractivity contribution in [2.75, 3.05) is 12.3 Å². The van der Waals surface area contributed by atoms with Gasteiger partial charge in [-0.25, -0.2) is 4.99 Å². The van der Waals surface area contributed by atoms with Gasteiger partial charge >= 0.3 is 0 Å². The van der Waals surface area contributed by atoms with Crippen molar-refractivity contribution < 1.29 is 0 Å². The SMILES string of the molecule is CCSC(N)=Nc1ccc(CCN)cc1CN. The van der Waals surface area contributed by atoms with Crippen molar-refractivity contribution in [2.24, 2.45) is 22.2 Å². The van der Waals surface area contributed by atoms with Crippen molar-refractivity contribution in [3.8, 4) is 0 Å². The van der Waals surface area contributed by atoms with E-state index in [1.165, 1.54) is 17.3 Å². The first-order valence-corrected chi connectivity index (χ1v) is 6.68. The normalized spacial score (nSPS) is 11.8. The third kappa shape index (κ3) is 4.38. The van der Waals surface area contributed by atoms with Crippen LogP contribution in [-0.2, 0) is 13.0 Å². The summed E-state index contributed by atoms with van der Waals surface area (Å²) in [4.78, 5) is 4.37. The Labute approximate surface area is 107 Å². The summed E-state index contributed by atoms with van der Waals surface area (Å²) in [5, 5.41) is 0.578. The molecule has 0 atom stereocenters. The van der Waals surface area contributed by atoms with Crippen molar-refractivity contribution in [3.05, 3.63) is 29.3 Å². The van der Waals surface area contributed by atoms with Crippen molar-refractivity contribution in [3.63, 3.8) is 0 Å². The summed E-state index contributed by atoms with van der Waals surface area (Å²) in [6.45, 7) is 3.14. The summed E-state index contributed by atoms with van der Waals surface area (Å²) >= 11 is 1.53. The topological polar surface area (TPSA) is 90.4 Å². The molecular formula is C12H20N4S. The van der Waals surface area contributed by atoms with Gasteiger partial charge in [0.2, 0.25) is 0 Å². The highest BCUT2D eigenvalue weighted by molar-refractivity contribution is 8.13. The van der Waals surface area contributed by atoms with Gasteiger partial charge in [-0.05, 0) is 35.9 Å². The van der Waals surface area contributed by atoms with Crippen molar-refractivity contribution in [1.29, 1.82) is 0 Å². The van der Waals surface area contributed by atoms with E-state index >= 15 is 0 Å². The maximum Gasteiger partial charge on any atom is 0.159 e. The number of thioether (sulfide) groups is 1. The van der Waals surface area contributed by atoms with Crippen LogP contribution in [0.4, 0.5) is 5.69 Å². The number of nitrogens with two attached hydrogens (primary N) is 3. The number of hydrogen-bond donors (Lipinski definition) is 3. The third-order valence-corrected chi connectivity index (χ3v) is 3.00. The van der Waals surface area contributed by atoms with Gasteiger partial charge in [0.1, 0.15) is 0 Å². The van der Waals surface area contributed by atoms with Gasteiger partial charge in [-0.15, -0.1) is 0 Å². The molecule has 0 unspecified atom stereocenters. The van der Waals surface area contributed by atoms with Crippen LogP contribution >= 0.6 is 11.8 Å². The lowest BCUT2D eigenvalue weighted by Gasteiger charge is -2.07. The Hall–Kier alpha value is -1.04. The highest BCUT2D eigenvalue weighted by atomic mass is 32.2. The molecule has 0 saturated carbocycles. The minimum atomic E-state index is 0.460. The minimum Gasteiger partial charge on any atom is -0.378 e. The van der Waals surface area contributed by atoms with Gasteiger partial charge in [0, 0.05) is 6.54 Å². The lowest BCUT2D eigenvalue weighted by atomic mass is 10.1. The van der Waals surface area contributed by atoms with Crippen LogP contribution in [0.25, 0.3) is 0 Å². The maximum atomic E-state index is 5.79. The van der Waals surface area contributed by atoms with Crippen molar-refractivity contribution in [2.45, 2.75) is 19.9 Å². The van der Waals surface area contributed by atoms with Crippen LogP contribution in [0.1, 0.15) is 18.1 Å². The van der Waals surface area contributed by atoms with Crippen LogP contribution in [0.15, 0.2) is 23.2 Å². The summed E-state index contributed by atoms with van der Waals surface area (Å²) in [7, 11) is 0. The largest absolute Gasteiger partial charge is 0.378 e. The highest BCUT2D eigenvalue weighted by Gasteiger charge is 2.02. The molecule has 0 saturated heterocycles. The molecule has 4 nitrogen and oxygen atoms in total. The van der Waals surface area contributed by atoms with E-state index in [9.17, 15) is 0 Å². The van der Waals surface area contributed by atoms with E-state index < -0.39 is 0 Å². The average Bonchev–Trinajstić information content (AvgIpc) is 2.31. The van der Waals surface area contributed by atoms with Gasteiger partial charge in [-0.3, -0.25) is 0 Å². The Morgan fingerprint density at radius 2 is 2.12 bits per heavy atom. The predicted octanol–water partition coefficient (Wildman–Crippen LogP) is 1.35. The molecule has 0 bridgehead atoms. The van der Waals surface area contributed by atoms with Crippen LogP contribution in [-0.4, -0.2) is 17.5 Å². The molecule has 0 amide bonds. The lowest BCUT2D eigenvalue weighted by Crippen LogP contribution is -2.07. The molecule has 0 aliphatic heterocycles. The average molecular weight is 252 g/mol. The molecule has 0 aliphatic rings. The highest BCUT2D eigenvalue weighted by Crippen LogP contribution is 2.21. The molecule has 0 aliphatic carbocycles. The smallest absolute Gasteiger partial charge is 0.159 e. The summed E-state index contributed by atoms with van der Waals surface area (Å²) in [6, 6.07) is 6.03. The molecule has 94 valence electrons. The number of aliphatic imine (C=N–C) groups is 1. The lowest BCUT2D eigenvalue weighted by molar-refractivity contribution is 0.958. The van der Waals surface area contributed by atoms with Gasteiger partial charge in [0.25, 0.3) is 0 Å². The minimum absolute atomic E-state index is 0.460. The van der Waals surface area contributed by atoms with Gasteiger partial charge in [-0.1, -0.05) is 30.8 Å². The second kappa shape index (κ2) is 7.32. The first kappa shape index (κ1) is 14.0. The number of amidine groups is 1. The first-order valence-electron chi connectivity index (χ1n) is 5.70. The Kier molecular flexibility index (Phi) is 6.04. The Morgan fingerprint density at radius 1 is 1.35 bits per heavy atom. The molecule has 0 spiro atoms. The number of hydrogen-bond acceptors (Lipinski definition) is 4. The predicted molar refractivity (Wildman–Crippen MR) is 76.5 cm³/mol. The van der Waals surface area contributed by atoms with E-state index in [-0.39, 0.29) is 0 Å².